The van der Waals surface area contributed by atoms with Crippen molar-refractivity contribution in [3.05, 3.63) is 70.5 Å². The topological polar surface area (TPSA) is 39.9 Å². The molecule has 1 heterocycles. The molecule has 0 radical (unpaired) electrons. The Hall–Kier alpha value is -1.98. The number of ether oxygens (including phenoxy) is 1. The summed E-state index contributed by atoms with van der Waals surface area (Å²) < 4.78 is 8.03. The van der Waals surface area contributed by atoms with E-state index in [4.69, 9.17) is 16.3 Å². The van der Waals surface area contributed by atoms with Crippen LogP contribution in [0, 0.1) is 0 Å². The van der Waals surface area contributed by atoms with Crippen molar-refractivity contribution in [3.8, 4) is 5.75 Å². The van der Waals surface area contributed by atoms with E-state index in [2.05, 4.69) is 54.6 Å². The van der Waals surface area contributed by atoms with Crippen molar-refractivity contribution in [2.75, 3.05) is 0 Å². The Bertz CT molecular complexity index is 916. The molecule has 1 aromatic heterocycles. The molecule has 2 aromatic carbocycles. The molecule has 0 atom stereocenters. The van der Waals surface area contributed by atoms with Gasteiger partial charge in [0.05, 0.1) is 0 Å². The van der Waals surface area contributed by atoms with Gasteiger partial charge in [0.2, 0.25) is 0 Å². The molecule has 0 aliphatic carbocycles. The van der Waals surface area contributed by atoms with Crippen LogP contribution in [0.5, 0.6) is 5.75 Å². The maximum Gasteiger partial charge on any atom is 0.191 e. The Morgan fingerprint density at radius 1 is 1.04 bits per heavy atom. The molecule has 0 amide bonds. The van der Waals surface area contributed by atoms with Gasteiger partial charge in [-0.3, -0.25) is 0 Å². The van der Waals surface area contributed by atoms with Crippen molar-refractivity contribution in [2.45, 2.75) is 57.2 Å². The third-order valence-electron chi connectivity index (χ3n) is 4.51. The molecular formula is C22H26ClN3OS. The molecule has 6 heteroatoms. The van der Waals surface area contributed by atoms with E-state index in [0.717, 1.165) is 39.6 Å². The molecule has 148 valence electrons. The highest BCUT2D eigenvalue weighted by Crippen LogP contribution is 2.27. The van der Waals surface area contributed by atoms with Crippen LogP contribution in [0.3, 0.4) is 0 Å². The molecule has 0 aliphatic rings. The SMILES string of the molecule is CCn1c(COc2ccc(C(C)(C)C)cc2)nnc1SCc1ccccc1Cl. The maximum atomic E-state index is 6.25. The molecule has 28 heavy (non-hydrogen) atoms. The molecule has 3 rings (SSSR count). The van der Waals surface area contributed by atoms with Crippen molar-refractivity contribution in [2.24, 2.45) is 0 Å². The van der Waals surface area contributed by atoms with E-state index in [1.54, 1.807) is 11.8 Å². The van der Waals surface area contributed by atoms with Crippen LogP contribution in [0.15, 0.2) is 53.7 Å². The van der Waals surface area contributed by atoms with E-state index < -0.39 is 0 Å². The number of halogens is 1. The van der Waals surface area contributed by atoms with Gasteiger partial charge in [0.25, 0.3) is 0 Å². The predicted octanol–water partition coefficient (Wildman–Crippen LogP) is 6.12. The third-order valence-corrected chi connectivity index (χ3v) is 5.90. The number of aromatic nitrogens is 3. The van der Waals surface area contributed by atoms with E-state index >= 15 is 0 Å². The van der Waals surface area contributed by atoms with Gasteiger partial charge in [-0.2, -0.15) is 0 Å². The molecule has 0 bridgehead atoms. The number of rotatable bonds is 7. The molecule has 0 N–H and O–H groups in total. The second-order valence-electron chi connectivity index (χ2n) is 7.59. The summed E-state index contributed by atoms with van der Waals surface area (Å²) in [5.74, 6) is 2.42. The lowest BCUT2D eigenvalue weighted by molar-refractivity contribution is 0.288. The second kappa shape index (κ2) is 9.01. The van der Waals surface area contributed by atoms with E-state index in [1.807, 2.05) is 36.4 Å². The highest BCUT2D eigenvalue weighted by molar-refractivity contribution is 7.98. The highest BCUT2D eigenvalue weighted by atomic mass is 35.5. The molecule has 3 aromatic rings. The van der Waals surface area contributed by atoms with E-state index in [9.17, 15) is 0 Å². The number of hydrogen-bond acceptors (Lipinski definition) is 4. The molecular weight excluding hydrogens is 390 g/mol. The summed E-state index contributed by atoms with van der Waals surface area (Å²) in [6, 6.07) is 16.1. The van der Waals surface area contributed by atoms with Gasteiger partial charge in [-0.05, 0) is 41.7 Å². The van der Waals surface area contributed by atoms with Crippen molar-refractivity contribution < 1.29 is 4.74 Å². The Morgan fingerprint density at radius 3 is 2.39 bits per heavy atom. The maximum absolute atomic E-state index is 6.25. The lowest BCUT2D eigenvalue weighted by Crippen LogP contribution is -2.11. The van der Waals surface area contributed by atoms with Crippen molar-refractivity contribution in [3.63, 3.8) is 0 Å². The summed E-state index contributed by atoms with van der Waals surface area (Å²) in [4.78, 5) is 0. The molecule has 0 aliphatic heterocycles. The minimum absolute atomic E-state index is 0.134. The zero-order valence-corrected chi connectivity index (χ0v) is 18.3. The van der Waals surface area contributed by atoms with Crippen LogP contribution < -0.4 is 4.74 Å². The first-order chi connectivity index (χ1) is 13.4. The summed E-state index contributed by atoms with van der Waals surface area (Å²) in [5.41, 5.74) is 2.51. The largest absolute Gasteiger partial charge is 0.486 e. The Morgan fingerprint density at radius 2 is 1.75 bits per heavy atom. The summed E-state index contributed by atoms with van der Waals surface area (Å²) in [6.45, 7) is 9.88. The first kappa shape index (κ1) is 20.7. The second-order valence-corrected chi connectivity index (χ2v) is 8.94. The number of nitrogens with zero attached hydrogens (tertiary/aromatic N) is 3. The zero-order chi connectivity index (χ0) is 20.1. The summed E-state index contributed by atoms with van der Waals surface area (Å²) >= 11 is 7.89. The standard InChI is InChI=1S/C22H26ClN3OS/c1-5-26-20(14-27-18-12-10-17(11-13-18)22(2,3)4)24-25-21(26)28-15-16-8-6-7-9-19(16)23/h6-13H,5,14-15H2,1-4H3. The third kappa shape index (κ3) is 5.09. The van der Waals surface area contributed by atoms with Crippen LogP contribution >= 0.6 is 23.4 Å². The molecule has 0 saturated carbocycles. The lowest BCUT2D eigenvalue weighted by atomic mass is 9.87. The molecule has 0 saturated heterocycles. The first-order valence-electron chi connectivity index (χ1n) is 9.40. The van der Waals surface area contributed by atoms with Gasteiger partial charge in [-0.25, -0.2) is 0 Å². The smallest absolute Gasteiger partial charge is 0.191 e. The minimum Gasteiger partial charge on any atom is -0.486 e. The Balaban J connectivity index is 1.64. The number of hydrogen-bond donors (Lipinski definition) is 0. The van der Waals surface area contributed by atoms with Crippen LogP contribution in [0.1, 0.15) is 44.6 Å². The Labute approximate surface area is 176 Å². The molecule has 0 unspecified atom stereocenters. The molecule has 0 spiro atoms. The zero-order valence-electron chi connectivity index (χ0n) is 16.8. The van der Waals surface area contributed by atoms with Crippen LogP contribution in [0.4, 0.5) is 0 Å². The van der Waals surface area contributed by atoms with E-state index in [-0.39, 0.29) is 5.41 Å². The predicted molar refractivity (Wildman–Crippen MR) is 116 cm³/mol. The normalized spacial score (nSPS) is 11.6. The van der Waals surface area contributed by atoms with Crippen molar-refractivity contribution >= 4 is 23.4 Å². The van der Waals surface area contributed by atoms with Gasteiger partial charge in [-0.15, -0.1) is 10.2 Å². The van der Waals surface area contributed by atoms with Crippen LogP contribution in [0.2, 0.25) is 5.02 Å². The number of thioether (sulfide) groups is 1. The van der Waals surface area contributed by atoms with Gasteiger partial charge >= 0.3 is 0 Å². The summed E-state index contributed by atoms with van der Waals surface area (Å²) in [5, 5.41) is 10.3. The molecule has 4 nitrogen and oxygen atoms in total. The highest BCUT2D eigenvalue weighted by Gasteiger charge is 2.15. The van der Waals surface area contributed by atoms with E-state index in [0.29, 0.717) is 6.61 Å². The van der Waals surface area contributed by atoms with Gasteiger partial charge in [0, 0.05) is 17.3 Å². The van der Waals surface area contributed by atoms with E-state index in [1.165, 1.54) is 5.56 Å². The minimum atomic E-state index is 0.134. The lowest BCUT2D eigenvalue weighted by Gasteiger charge is -2.19. The summed E-state index contributed by atoms with van der Waals surface area (Å²) in [7, 11) is 0. The monoisotopic (exact) mass is 415 g/mol. The van der Waals surface area contributed by atoms with Gasteiger partial charge in [0.15, 0.2) is 11.0 Å². The molecule has 0 fully saturated rings. The summed E-state index contributed by atoms with van der Waals surface area (Å²) in [6.07, 6.45) is 0. The van der Waals surface area contributed by atoms with Crippen LogP contribution in [0.25, 0.3) is 0 Å². The van der Waals surface area contributed by atoms with Crippen molar-refractivity contribution in [1.82, 2.24) is 14.8 Å². The fraction of sp³-hybridized carbons (Fsp3) is 0.364. The Kier molecular flexibility index (Phi) is 6.68. The average Bonchev–Trinajstić information content (AvgIpc) is 3.07. The van der Waals surface area contributed by atoms with Gasteiger partial charge in [-0.1, -0.05) is 74.5 Å². The average molecular weight is 416 g/mol. The van der Waals surface area contributed by atoms with Gasteiger partial charge in [0.1, 0.15) is 12.4 Å². The van der Waals surface area contributed by atoms with Crippen LogP contribution in [-0.2, 0) is 24.3 Å². The van der Waals surface area contributed by atoms with Crippen LogP contribution in [-0.4, -0.2) is 14.8 Å². The fourth-order valence-corrected chi connectivity index (χ4v) is 4.11. The van der Waals surface area contributed by atoms with Gasteiger partial charge < -0.3 is 9.30 Å². The van der Waals surface area contributed by atoms with Crippen molar-refractivity contribution in [1.29, 1.82) is 0 Å². The quantitative estimate of drug-likeness (QED) is 0.436. The first-order valence-corrected chi connectivity index (χ1v) is 10.8. The fourth-order valence-electron chi connectivity index (χ4n) is 2.81. The number of benzene rings is 2.